The van der Waals surface area contributed by atoms with Gasteiger partial charge in [-0.1, -0.05) is 49.4 Å². The fraction of sp³-hybridized carbons (Fsp3) is 0.167. The maximum atomic E-state index is 13.3. The van der Waals surface area contributed by atoms with Gasteiger partial charge in [-0.3, -0.25) is 9.59 Å². The SMILES string of the molecule is CCCN1C(=O)C(=O)/C(=C(\O)c2ccc(F)cc2)C1c1cccc2ccccc12. The van der Waals surface area contributed by atoms with Gasteiger partial charge in [-0.2, -0.15) is 0 Å². The van der Waals surface area contributed by atoms with Crippen molar-refractivity contribution in [2.45, 2.75) is 19.4 Å². The van der Waals surface area contributed by atoms with Crippen LogP contribution >= 0.6 is 0 Å². The number of carbonyl (C=O) groups excluding carboxylic acids is 2. The predicted molar refractivity (Wildman–Crippen MR) is 110 cm³/mol. The van der Waals surface area contributed by atoms with Gasteiger partial charge >= 0.3 is 0 Å². The van der Waals surface area contributed by atoms with Crippen LogP contribution < -0.4 is 0 Å². The van der Waals surface area contributed by atoms with E-state index in [4.69, 9.17) is 0 Å². The molecule has 1 saturated heterocycles. The Morgan fingerprint density at radius 2 is 1.69 bits per heavy atom. The van der Waals surface area contributed by atoms with E-state index >= 15 is 0 Å². The lowest BCUT2D eigenvalue weighted by molar-refractivity contribution is -0.139. The highest BCUT2D eigenvalue weighted by molar-refractivity contribution is 6.46. The van der Waals surface area contributed by atoms with Crippen molar-refractivity contribution < 1.29 is 19.1 Å². The number of benzene rings is 3. The quantitative estimate of drug-likeness (QED) is 0.396. The number of halogens is 1. The van der Waals surface area contributed by atoms with Gasteiger partial charge in [-0.25, -0.2) is 4.39 Å². The molecule has 1 fully saturated rings. The third kappa shape index (κ3) is 3.18. The highest BCUT2D eigenvalue weighted by atomic mass is 19.1. The normalized spacial score (nSPS) is 18.6. The molecule has 0 aromatic heterocycles. The fourth-order valence-electron chi connectivity index (χ4n) is 3.93. The summed E-state index contributed by atoms with van der Waals surface area (Å²) < 4.78 is 13.3. The monoisotopic (exact) mass is 389 g/mol. The molecule has 1 aliphatic heterocycles. The minimum absolute atomic E-state index is 0.0337. The average molecular weight is 389 g/mol. The van der Waals surface area contributed by atoms with Crippen molar-refractivity contribution in [3.63, 3.8) is 0 Å². The Balaban J connectivity index is 1.97. The molecule has 1 unspecified atom stereocenters. The summed E-state index contributed by atoms with van der Waals surface area (Å²) in [6.07, 6.45) is 0.672. The molecule has 1 amide bonds. The summed E-state index contributed by atoms with van der Waals surface area (Å²) in [7, 11) is 0. The first-order valence-electron chi connectivity index (χ1n) is 9.55. The van der Waals surface area contributed by atoms with Crippen LogP contribution in [0.1, 0.15) is 30.5 Å². The molecule has 3 aromatic carbocycles. The van der Waals surface area contributed by atoms with Crippen LogP contribution in [0.5, 0.6) is 0 Å². The lowest BCUT2D eigenvalue weighted by Crippen LogP contribution is -2.30. The van der Waals surface area contributed by atoms with Gasteiger partial charge in [-0.15, -0.1) is 0 Å². The van der Waals surface area contributed by atoms with E-state index in [-0.39, 0.29) is 11.3 Å². The standard InChI is InChI=1S/C24H20FNO3/c1-2-14-26-21(19-9-5-7-15-6-3-4-8-18(15)19)20(23(28)24(26)29)22(27)16-10-12-17(25)13-11-16/h3-13,21,27H,2,14H2,1H3/b22-20-. The van der Waals surface area contributed by atoms with E-state index in [2.05, 4.69) is 0 Å². The maximum absolute atomic E-state index is 13.3. The Hall–Kier alpha value is -3.47. The second-order valence-electron chi connectivity index (χ2n) is 7.07. The number of aliphatic hydroxyl groups is 1. The van der Waals surface area contributed by atoms with Crippen LogP contribution in [0.25, 0.3) is 16.5 Å². The molecule has 1 atom stereocenters. The Morgan fingerprint density at radius 3 is 2.41 bits per heavy atom. The minimum atomic E-state index is -0.724. The van der Waals surface area contributed by atoms with Crippen LogP contribution in [0.15, 0.2) is 72.3 Å². The van der Waals surface area contributed by atoms with Crippen LogP contribution in [0.4, 0.5) is 4.39 Å². The van der Waals surface area contributed by atoms with Crippen molar-refractivity contribution in [1.82, 2.24) is 4.90 Å². The van der Waals surface area contributed by atoms with E-state index in [1.54, 1.807) is 0 Å². The summed E-state index contributed by atoms with van der Waals surface area (Å²) in [6.45, 7) is 2.32. The second kappa shape index (κ2) is 7.51. The van der Waals surface area contributed by atoms with Gasteiger partial charge in [0, 0.05) is 12.1 Å². The first kappa shape index (κ1) is 18.9. The van der Waals surface area contributed by atoms with Crippen LogP contribution in [0, 0.1) is 5.82 Å². The minimum Gasteiger partial charge on any atom is -0.507 e. The number of ketones is 1. The number of rotatable bonds is 4. The number of Topliss-reactive ketones (excluding diaryl/α,β-unsaturated/α-hetero) is 1. The van der Waals surface area contributed by atoms with Crippen molar-refractivity contribution in [3.05, 3.63) is 89.2 Å². The van der Waals surface area contributed by atoms with Gasteiger partial charge in [0.15, 0.2) is 0 Å². The third-order valence-electron chi connectivity index (χ3n) is 5.24. The molecule has 0 radical (unpaired) electrons. The molecule has 5 heteroatoms. The largest absolute Gasteiger partial charge is 0.507 e. The molecular formula is C24H20FNO3. The fourth-order valence-corrected chi connectivity index (χ4v) is 3.93. The zero-order valence-corrected chi connectivity index (χ0v) is 15.9. The van der Waals surface area contributed by atoms with E-state index in [1.165, 1.54) is 29.2 Å². The second-order valence-corrected chi connectivity index (χ2v) is 7.07. The molecule has 29 heavy (non-hydrogen) atoms. The Kier molecular flexibility index (Phi) is 4.89. The van der Waals surface area contributed by atoms with E-state index in [0.29, 0.717) is 18.5 Å². The topological polar surface area (TPSA) is 57.6 Å². The number of aliphatic hydroxyl groups excluding tert-OH is 1. The lowest BCUT2D eigenvalue weighted by Gasteiger charge is -2.26. The Morgan fingerprint density at radius 1 is 1.00 bits per heavy atom. The van der Waals surface area contributed by atoms with E-state index in [1.807, 2.05) is 49.4 Å². The summed E-state index contributed by atoms with van der Waals surface area (Å²) in [4.78, 5) is 27.2. The third-order valence-corrected chi connectivity index (χ3v) is 5.24. The Bertz CT molecular complexity index is 1130. The number of fused-ring (bicyclic) bond motifs is 1. The molecule has 0 bridgehead atoms. The average Bonchev–Trinajstić information content (AvgIpc) is 2.98. The number of hydrogen-bond donors (Lipinski definition) is 1. The first-order valence-corrected chi connectivity index (χ1v) is 9.55. The zero-order valence-electron chi connectivity index (χ0n) is 15.9. The molecule has 1 aliphatic rings. The smallest absolute Gasteiger partial charge is 0.295 e. The molecule has 0 aliphatic carbocycles. The Labute approximate surface area is 167 Å². The van der Waals surface area contributed by atoms with E-state index in [0.717, 1.165) is 16.3 Å². The van der Waals surface area contributed by atoms with Crippen molar-refractivity contribution in [1.29, 1.82) is 0 Å². The van der Waals surface area contributed by atoms with Gasteiger partial charge in [0.05, 0.1) is 11.6 Å². The van der Waals surface area contributed by atoms with Gasteiger partial charge in [0.1, 0.15) is 11.6 Å². The van der Waals surface area contributed by atoms with Crippen molar-refractivity contribution in [3.8, 4) is 0 Å². The van der Waals surface area contributed by atoms with Crippen LogP contribution in [0.2, 0.25) is 0 Å². The lowest BCUT2D eigenvalue weighted by atomic mass is 9.91. The summed E-state index contributed by atoms with van der Waals surface area (Å²) in [5.41, 5.74) is 1.11. The predicted octanol–water partition coefficient (Wildman–Crippen LogP) is 4.81. The number of hydrogen-bond acceptors (Lipinski definition) is 3. The molecule has 3 aromatic rings. The number of likely N-dealkylation sites (tertiary alicyclic amines) is 1. The number of nitrogens with zero attached hydrogens (tertiary/aromatic N) is 1. The van der Waals surface area contributed by atoms with Crippen LogP contribution in [-0.4, -0.2) is 28.2 Å². The van der Waals surface area contributed by atoms with Gasteiger partial charge in [0.2, 0.25) is 0 Å². The van der Waals surface area contributed by atoms with Gasteiger partial charge in [0.25, 0.3) is 11.7 Å². The molecule has 1 heterocycles. The summed E-state index contributed by atoms with van der Waals surface area (Å²) in [6, 6.07) is 18.0. The van der Waals surface area contributed by atoms with Gasteiger partial charge in [-0.05, 0) is 47.0 Å². The van der Waals surface area contributed by atoms with Crippen molar-refractivity contribution in [2.24, 2.45) is 0 Å². The van der Waals surface area contributed by atoms with Crippen LogP contribution in [-0.2, 0) is 9.59 Å². The molecule has 0 saturated carbocycles. The zero-order chi connectivity index (χ0) is 20.5. The van der Waals surface area contributed by atoms with Crippen LogP contribution in [0.3, 0.4) is 0 Å². The molecule has 146 valence electrons. The van der Waals surface area contributed by atoms with Crippen molar-refractivity contribution in [2.75, 3.05) is 6.54 Å². The highest BCUT2D eigenvalue weighted by Crippen LogP contribution is 2.41. The summed E-state index contributed by atoms with van der Waals surface area (Å²) in [5.74, 6) is -2.09. The summed E-state index contributed by atoms with van der Waals surface area (Å²) >= 11 is 0. The van der Waals surface area contributed by atoms with Gasteiger partial charge < -0.3 is 10.0 Å². The molecule has 4 rings (SSSR count). The van der Waals surface area contributed by atoms with Crippen molar-refractivity contribution >= 4 is 28.2 Å². The first-order chi connectivity index (χ1) is 14.0. The summed E-state index contributed by atoms with van der Waals surface area (Å²) in [5, 5.41) is 12.8. The van der Waals surface area contributed by atoms with E-state index < -0.39 is 23.5 Å². The molecule has 0 spiro atoms. The maximum Gasteiger partial charge on any atom is 0.295 e. The van der Waals surface area contributed by atoms with E-state index in [9.17, 15) is 19.1 Å². The highest BCUT2D eigenvalue weighted by Gasteiger charge is 2.46. The molecule has 4 nitrogen and oxygen atoms in total. The molecular weight excluding hydrogens is 369 g/mol. The number of amides is 1. The molecule has 1 N–H and O–H groups in total. The number of carbonyl (C=O) groups is 2.